The summed E-state index contributed by atoms with van der Waals surface area (Å²) in [5, 5.41) is 14.6. The van der Waals surface area contributed by atoms with Gasteiger partial charge < -0.3 is 20.5 Å². The number of hydrogen-bond acceptors (Lipinski definition) is 4. The molecule has 6 nitrogen and oxygen atoms in total. The molecule has 1 aromatic carbocycles. The predicted molar refractivity (Wildman–Crippen MR) is 82.5 cm³/mol. The zero-order valence-corrected chi connectivity index (χ0v) is 12.5. The second-order valence-corrected chi connectivity index (χ2v) is 5.88. The minimum absolute atomic E-state index is 0.0622. The summed E-state index contributed by atoms with van der Waals surface area (Å²) in [5.41, 5.74) is 0.560. The molecule has 1 saturated heterocycles. The van der Waals surface area contributed by atoms with Gasteiger partial charge in [0.25, 0.3) is 0 Å². The number of benzene rings is 1. The van der Waals surface area contributed by atoms with Crippen LogP contribution in [0.5, 0.6) is 5.75 Å². The van der Waals surface area contributed by atoms with Crippen molar-refractivity contribution in [2.75, 3.05) is 23.9 Å². The number of ether oxygens (including phenoxy) is 1. The third kappa shape index (κ3) is 4.29. The molecule has 21 heavy (non-hydrogen) atoms. The van der Waals surface area contributed by atoms with E-state index in [1.807, 2.05) is 11.8 Å². The van der Waals surface area contributed by atoms with Gasteiger partial charge in [0.1, 0.15) is 11.3 Å². The van der Waals surface area contributed by atoms with Gasteiger partial charge in [0, 0.05) is 23.5 Å². The first-order valence-electron chi connectivity index (χ1n) is 6.66. The maximum absolute atomic E-state index is 11.9. The van der Waals surface area contributed by atoms with Crippen LogP contribution < -0.4 is 15.4 Å². The van der Waals surface area contributed by atoms with Crippen molar-refractivity contribution in [1.82, 2.24) is 5.32 Å². The first kappa shape index (κ1) is 15.5. The van der Waals surface area contributed by atoms with Gasteiger partial charge in [0.2, 0.25) is 0 Å². The molecule has 0 bridgehead atoms. The zero-order chi connectivity index (χ0) is 15.2. The molecule has 1 fully saturated rings. The number of urea groups is 1. The van der Waals surface area contributed by atoms with Gasteiger partial charge in [-0.05, 0) is 30.7 Å². The van der Waals surface area contributed by atoms with E-state index in [-0.39, 0.29) is 23.4 Å². The van der Waals surface area contributed by atoms with Crippen LogP contribution in [0.25, 0.3) is 0 Å². The van der Waals surface area contributed by atoms with E-state index in [4.69, 9.17) is 9.84 Å². The molecule has 0 aliphatic carbocycles. The van der Waals surface area contributed by atoms with E-state index >= 15 is 0 Å². The highest BCUT2D eigenvalue weighted by Gasteiger charge is 2.17. The van der Waals surface area contributed by atoms with Crippen molar-refractivity contribution >= 4 is 29.4 Å². The summed E-state index contributed by atoms with van der Waals surface area (Å²) >= 11 is 1.83. The number of carboxylic acid groups (broad SMARTS) is 1. The summed E-state index contributed by atoms with van der Waals surface area (Å²) in [6, 6.07) is 4.35. The highest BCUT2D eigenvalue weighted by Crippen LogP contribution is 2.23. The Morgan fingerprint density at radius 2 is 2.24 bits per heavy atom. The van der Waals surface area contributed by atoms with Crippen LogP contribution in [0.4, 0.5) is 10.5 Å². The van der Waals surface area contributed by atoms with Crippen LogP contribution >= 0.6 is 11.8 Å². The molecule has 1 atom stereocenters. The summed E-state index contributed by atoms with van der Waals surface area (Å²) in [6.07, 6.45) is 2.10. The quantitative estimate of drug-likeness (QED) is 0.795. The molecular weight excluding hydrogens is 292 g/mol. The number of rotatable bonds is 4. The van der Waals surface area contributed by atoms with Crippen LogP contribution in [0, 0.1) is 0 Å². The lowest BCUT2D eigenvalue weighted by molar-refractivity contribution is 0.0693. The molecule has 0 spiro atoms. The fourth-order valence-electron chi connectivity index (χ4n) is 2.15. The van der Waals surface area contributed by atoms with Crippen molar-refractivity contribution in [1.29, 1.82) is 0 Å². The van der Waals surface area contributed by atoms with Gasteiger partial charge >= 0.3 is 12.0 Å². The maximum Gasteiger partial charge on any atom is 0.339 e. The molecule has 1 aromatic rings. The van der Waals surface area contributed by atoms with E-state index in [1.165, 1.54) is 19.2 Å². The fraction of sp³-hybridized carbons (Fsp3) is 0.429. The molecule has 114 valence electrons. The zero-order valence-electron chi connectivity index (χ0n) is 11.7. The lowest BCUT2D eigenvalue weighted by atomic mass is 10.2. The third-order valence-corrected chi connectivity index (χ3v) is 4.40. The molecule has 3 N–H and O–H groups in total. The Balaban J connectivity index is 1.98. The Morgan fingerprint density at radius 1 is 1.43 bits per heavy atom. The van der Waals surface area contributed by atoms with E-state index in [0.29, 0.717) is 5.69 Å². The lowest BCUT2D eigenvalue weighted by Gasteiger charge is -2.22. The van der Waals surface area contributed by atoms with Crippen LogP contribution in [0.15, 0.2) is 18.2 Å². The SMILES string of the molecule is COc1cc(NC(=O)NC2CCCSC2)ccc1C(=O)O. The van der Waals surface area contributed by atoms with Gasteiger partial charge in [-0.25, -0.2) is 9.59 Å². The summed E-state index contributed by atoms with van der Waals surface area (Å²) in [4.78, 5) is 22.9. The van der Waals surface area contributed by atoms with Crippen molar-refractivity contribution in [3.63, 3.8) is 0 Å². The normalized spacial score (nSPS) is 17.9. The Bertz CT molecular complexity index is 530. The van der Waals surface area contributed by atoms with E-state index in [0.717, 1.165) is 24.3 Å². The predicted octanol–water partition coefficient (Wildman–Crippen LogP) is 2.41. The number of thioether (sulfide) groups is 1. The van der Waals surface area contributed by atoms with Crippen LogP contribution in [0.2, 0.25) is 0 Å². The average molecular weight is 310 g/mol. The third-order valence-electron chi connectivity index (χ3n) is 3.19. The molecule has 1 unspecified atom stereocenters. The number of methoxy groups -OCH3 is 1. The van der Waals surface area contributed by atoms with Gasteiger partial charge in [0.15, 0.2) is 0 Å². The Hall–Kier alpha value is -1.89. The highest BCUT2D eigenvalue weighted by molar-refractivity contribution is 7.99. The molecule has 2 amide bonds. The van der Waals surface area contributed by atoms with Gasteiger partial charge in [-0.1, -0.05) is 0 Å². The number of carbonyl (C=O) groups excluding carboxylic acids is 1. The smallest absolute Gasteiger partial charge is 0.339 e. The van der Waals surface area contributed by atoms with Crippen LogP contribution in [0.3, 0.4) is 0 Å². The van der Waals surface area contributed by atoms with Gasteiger partial charge in [-0.2, -0.15) is 11.8 Å². The van der Waals surface area contributed by atoms with Crippen LogP contribution in [-0.2, 0) is 0 Å². The van der Waals surface area contributed by atoms with E-state index in [1.54, 1.807) is 6.07 Å². The second kappa shape index (κ2) is 7.21. The van der Waals surface area contributed by atoms with Crippen molar-refractivity contribution < 1.29 is 19.4 Å². The highest BCUT2D eigenvalue weighted by atomic mass is 32.2. The number of carbonyl (C=O) groups is 2. The van der Waals surface area contributed by atoms with Crippen LogP contribution in [0.1, 0.15) is 23.2 Å². The second-order valence-electron chi connectivity index (χ2n) is 4.73. The number of aromatic carboxylic acids is 1. The Morgan fingerprint density at radius 3 is 2.86 bits per heavy atom. The van der Waals surface area contributed by atoms with E-state index in [9.17, 15) is 9.59 Å². The number of amides is 2. The van der Waals surface area contributed by atoms with Gasteiger partial charge in [0.05, 0.1) is 7.11 Å². The molecule has 1 aliphatic heterocycles. The summed E-state index contributed by atoms with van der Waals surface area (Å²) in [5.74, 6) is 1.22. The lowest BCUT2D eigenvalue weighted by Crippen LogP contribution is -2.40. The first-order valence-corrected chi connectivity index (χ1v) is 7.82. The molecule has 1 aliphatic rings. The molecule has 0 radical (unpaired) electrons. The van der Waals surface area contributed by atoms with Gasteiger partial charge in [-0.3, -0.25) is 0 Å². The molecular formula is C14H18N2O4S. The van der Waals surface area contributed by atoms with Crippen molar-refractivity contribution in [3.8, 4) is 5.75 Å². The van der Waals surface area contributed by atoms with Crippen LogP contribution in [-0.4, -0.2) is 41.8 Å². The van der Waals surface area contributed by atoms with Gasteiger partial charge in [-0.15, -0.1) is 0 Å². The van der Waals surface area contributed by atoms with E-state index in [2.05, 4.69) is 10.6 Å². The maximum atomic E-state index is 11.9. The summed E-state index contributed by atoms with van der Waals surface area (Å²) in [6.45, 7) is 0. The van der Waals surface area contributed by atoms with Crippen molar-refractivity contribution in [2.45, 2.75) is 18.9 Å². The number of anilines is 1. The monoisotopic (exact) mass is 310 g/mol. The average Bonchev–Trinajstić information content (AvgIpc) is 2.47. The van der Waals surface area contributed by atoms with Crippen molar-refractivity contribution in [2.24, 2.45) is 0 Å². The summed E-state index contributed by atoms with van der Waals surface area (Å²) in [7, 11) is 1.39. The number of hydrogen-bond donors (Lipinski definition) is 3. The number of carboxylic acids is 1. The molecule has 1 heterocycles. The number of nitrogens with one attached hydrogen (secondary N) is 2. The minimum atomic E-state index is -1.07. The standard InChI is InChI=1S/C14H18N2O4S/c1-20-12-7-9(4-5-11(12)13(17)18)15-14(19)16-10-3-2-6-21-8-10/h4-5,7,10H,2-3,6,8H2,1H3,(H,17,18)(H2,15,16,19). The molecule has 2 rings (SSSR count). The van der Waals surface area contributed by atoms with Crippen molar-refractivity contribution in [3.05, 3.63) is 23.8 Å². The van der Waals surface area contributed by atoms with E-state index < -0.39 is 5.97 Å². The molecule has 0 saturated carbocycles. The first-order chi connectivity index (χ1) is 10.1. The molecule has 0 aromatic heterocycles. The minimum Gasteiger partial charge on any atom is -0.496 e. The fourth-order valence-corrected chi connectivity index (χ4v) is 3.22. The largest absolute Gasteiger partial charge is 0.496 e. The Labute approximate surface area is 127 Å². The topological polar surface area (TPSA) is 87.7 Å². The molecule has 7 heteroatoms. The Kier molecular flexibility index (Phi) is 5.32. The summed E-state index contributed by atoms with van der Waals surface area (Å²) < 4.78 is 5.02.